The Morgan fingerprint density at radius 3 is 2.46 bits per heavy atom. The predicted octanol–water partition coefficient (Wildman–Crippen LogP) is 8.08. The molecule has 41 heavy (non-hydrogen) atoms. The quantitative estimate of drug-likeness (QED) is 0.175. The molecule has 5 aromatic rings. The largest absolute Gasteiger partial charge is 0.489 e. The van der Waals surface area contributed by atoms with Crippen LogP contribution in [-0.4, -0.2) is 20.4 Å². The van der Waals surface area contributed by atoms with Gasteiger partial charge in [0.05, 0.1) is 17.1 Å². The second-order valence-electron chi connectivity index (χ2n) is 10.8. The fourth-order valence-electron chi connectivity index (χ4n) is 5.75. The SMILES string of the molecule is Cc1cc(C=Nn2c(C3CCCCC3)nc3ccccc3c2=O)c(C)n1-c1ccc(OCc2ccc(Br)cc2)cc1. The molecule has 0 atom stereocenters. The number of aromatic nitrogens is 3. The summed E-state index contributed by atoms with van der Waals surface area (Å²) in [7, 11) is 0. The van der Waals surface area contributed by atoms with E-state index in [9.17, 15) is 4.79 Å². The Morgan fingerprint density at radius 2 is 1.71 bits per heavy atom. The van der Waals surface area contributed by atoms with Crippen molar-refractivity contribution in [2.45, 2.75) is 58.5 Å². The number of ether oxygens (including phenoxy) is 1. The van der Waals surface area contributed by atoms with Gasteiger partial charge in [-0.05, 0) is 86.8 Å². The van der Waals surface area contributed by atoms with Crippen molar-refractivity contribution in [3.05, 3.63) is 122 Å². The molecule has 0 saturated heterocycles. The Bertz CT molecular complexity index is 1760. The summed E-state index contributed by atoms with van der Waals surface area (Å²) in [6.45, 7) is 4.68. The summed E-state index contributed by atoms with van der Waals surface area (Å²) in [6.07, 6.45) is 7.44. The molecule has 1 aliphatic carbocycles. The molecule has 6 rings (SSSR count). The fourth-order valence-corrected chi connectivity index (χ4v) is 6.02. The van der Waals surface area contributed by atoms with Gasteiger partial charge in [-0.2, -0.15) is 9.78 Å². The highest BCUT2D eigenvalue weighted by molar-refractivity contribution is 9.10. The van der Waals surface area contributed by atoms with Crippen molar-refractivity contribution in [3.63, 3.8) is 0 Å². The van der Waals surface area contributed by atoms with Gasteiger partial charge >= 0.3 is 0 Å². The Balaban J connectivity index is 1.27. The monoisotopic (exact) mass is 608 g/mol. The van der Waals surface area contributed by atoms with E-state index in [1.165, 1.54) is 6.42 Å². The molecule has 0 amide bonds. The molecular formula is C34H33BrN4O2. The molecule has 0 spiro atoms. The summed E-state index contributed by atoms with van der Waals surface area (Å²) in [4.78, 5) is 18.5. The first-order chi connectivity index (χ1) is 20.0. The number of nitrogens with zero attached hydrogens (tertiary/aromatic N) is 4. The van der Waals surface area contributed by atoms with Gasteiger partial charge in [-0.3, -0.25) is 4.79 Å². The number of para-hydroxylation sites is 1. The molecule has 1 fully saturated rings. The second-order valence-corrected chi connectivity index (χ2v) is 11.7. The van der Waals surface area contributed by atoms with Crippen LogP contribution in [0.25, 0.3) is 16.6 Å². The maximum atomic E-state index is 13.6. The number of rotatable bonds is 7. The highest BCUT2D eigenvalue weighted by Gasteiger charge is 2.22. The third-order valence-electron chi connectivity index (χ3n) is 7.95. The topological polar surface area (TPSA) is 61.4 Å². The van der Waals surface area contributed by atoms with Crippen LogP contribution >= 0.6 is 15.9 Å². The zero-order valence-corrected chi connectivity index (χ0v) is 25.0. The zero-order chi connectivity index (χ0) is 28.3. The summed E-state index contributed by atoms with van der Waals surface area (Å²) >= 11 is 3.47. The molecule has 0 bridgehead atoms. The van der Waals surface area contributed by atoms with Crippen LogP contribution in [0.15, 0.2) is 93.2 Å². The number of benzene rings is 3. The second kappa shape index (κ2) is 11.9. The van der Waals surface area contributed by atoms with E-state index in [1.807, 2.05) is 60.7 Å². The number of hydrogen-bond donors (Lipinski definition) is 0. The average Bonchev–Trinajstić information content (AvgIpc) is 3.29. The maximum Gasteiger partial charge on any atom is 0.282 e. The highest BCUT2D eigenvalue weighted by atomic mass is 79.9. The fraction of sp³-hybridized carbons (Fsp3) is 0.265. The van der Waals surface area contributed by atoms with Crippen LogP contribution in [0, 0.1) is 13.8 Å². The van der Waals surface area contributed by atoms with Gasteiger partial charge < -0.3 is 9.30 Å². The summed E-state index contributed by atoms with van der Waals surface area (Å²) in [5.74, 6) is 1.84. The van der Waals surface area contributed by atoms with Gasteiger partial charge in [0.15, 0.2) is 0 Å². The van der Waals surface area contributed by atoms with E-state index >= 15 is 0 Å². The smallest absolute Gasteiger partial charge is 0.282 e. The van der Waals surface area contributed by atoms with E-state index < -0.39 is 0 Å². The van der Waals surface area contributed by atoms with Gasteiger partial charge in [-0.25, -0.2) is 4.98 Å². The van der Waals surface area contributed by atoms with E-state index in [1.54, 1.807) is 10.9 Å². The molecule has 0 N–H and O–H groups in total. The maximum absolute atomic E-state index is 13.6. The summed E-state index contributed by atoms with van der Waals surface area (Å²) in [5, 5.41) is 5.36. The molecular weight excluding hydrogens is 576 g/mol. The van der Waals surface area contributed by atoms with Crippen LogP contribution in [0.4, 0.5) is 0 Å². The lowest BCUT2D eigenvalue weighted by molar-refractivity contribution is 0.306. The first kappa shape index (κ1) is 27.2. The molecule has 1 saturated carbocycles. The molecule has 3 aromatic carbocycles. The van der Waals surface area contributed by atoms with E-state index in [4.69, 9.17) is 14.8 Å². The Hall–Kier alpha value is -3.97. The Kier molecular flexibility index (Phi) is 7.88. The van der Waals surface area contributed by atoms with Crippen LogP contribution < -0.4 is 10.3 Å². The van der Waals surface area contributed by atoms with Crippen molar-refractivity contribution in [2.24, 2.45) is 5.10 Å². The van der Waals surface area contributed by atoms with Gasteiger partial charge in [0.25, 0.3) is 5.56 Å². The van der Waals surface area contributed by atoms with Crippen molar-refractivity contribution >= 4 is 33.0 Å². The van der Waals surface area contributed by atoms with E-state index in [2.05, 4.69) is 52.5 Å². The Morgan fingerprint density at radius 1 is 0.976 bits per heavy atom. The summed E-state index contributed by atoms with van der Waals surface area (Å²) in [6, 6.07) is 25.9. The van der Waals surface area contributed by atoms with Crippen molar-refractivity contribution in [3.8, 4) is 11.4 Å². The van der Waals surface area contributed by atoms with Crippen LogP contribution in [0.5, 0.6) is 5.75 Å². The molecule has 0 aliphatic heterocycles. The van der Waals surface area contributed by atoms with Crippen LogP contribution in [0.2, 0.25) is 0 Å². The molecule has 0 unspecified atom stereocenters. The van der Waals surface area contributed by atoms with Crippen LogP contribution in [0.1, 0.15) is 66.4 Å². The van der Waals surface area contributed by atoms with E-state index in [0.29, 0.717) is 12.0 Å². The molecule has 2 heterocycles. The average molecular weight is 610 g/mol. The lowest BCUT2D eigenvalue weighted by Gasteiger charge is -2.22. The number of aryl methyl sites for hydroxylation is 1. The summed E-state index contributed by atoms with van der Waals surface area (Å²) < 4.78 is 10.8. The highest BCUT2D eigenvalue weighted by Crippen LogP contribution is 2.32. The minimum atomic E-state index is -0.111. The lowest BCUT2D eigenvalue weighted by atomic mass is 9.88. The van der Waals surface area contributed by atoms with Crippen molar-refractivity contribution in [2.75, 3.05) is 0 Å². The first-order valence-electron chi connectivity index (χ1n) is 14.2. The van der Waals surface area contributed by atoms with Crippen LogP contribution in [0.3, 0.4) is 0 Å². The standard InChI is InChI=1S/C34H33BrN4O2/c1-23-20-27(24(2)38(23)29-16-18-30(19-17-29)41-22-25-12-14-28(35)15-13-25)21-36-39-33(26-8-4-3-5-9-26)37-32-11-7-6-10-31(32)34(39)40/h6-7,10-21,26H,3-5,8-9,22H2,1-2H3. The predicted molar refractivity (Wildman–Crippen MR) is 169 cm³/mol. The van der Waals surface area contributed by atoms with Gasteiger partial charge in [-0.1, -0.05) is 59.5 Å². The van der Waals surface area contributed by atoms with Crippen LogP contribution in [-0.2, 0) is 6.61 Å². The molecule has 2 aromatic heterocycles. The number of halogens is 1. The van der Waals surface area contributed by atoms with Gasteiger partial charge in [0, 0.05) is 33.0 Å². The minimum Gasteiger partial charge on any atom is -0.489 e. The van der Waals surface area contributed by atoms with Gasteiger partial charge in [0.1, 0.15) is 18.2 Å². The normalized spacial score (nSPS) is 14.2. The van der Waals surface area contributed by atoms with E-state index in [-0.39, 0.29) is 11.5 Å². The molecule has 0 radical (unpaired) electrons. The molecule has 6 nitrogen and oxygen atoms in total. The third-order valence-corrected chi connectivity index (χ3v) is 8.47. The van der Waals surface area contributed by atoms with Gasteiger partial charge in [0.2, 0.25) is 0 Å². The van der Waals surface area contributed by atoms with E-state index in [0.717, 1.165) is 75.4 Å². The number of fused-ring (bicyclic) bond motifs is 1. The molecule has 7 heteroatoms. The molecule has 208 valence electrons. The van der Waals surface area contributed by atoms with Crippen molar-refractivity contribution in [1.82, 2.24) is 14.2 Å². The number of hydrogen-bond acceptors (Lipinski definition) is 4. The minimum absolute atomic E-state index is 0.111. The third kappa shape index (κ3) is 5.77. The van der Waals surface area contributed by atoms with Gasteiger partial charge in [-0.15, -0.1) is 0 Å². The van der Waals surface area contributed by atoms with Crippen molar-refractivity contribution in [1.29, 1.82) is 0 Å². The molecule has 1 aliphatic rings. The lowest BCUT2D eigenvalue weighted by Crippen LogP contribution is -2.25. The van der Waals surface area contributed by atoms with Crippen molar-refractivity contribution < 1.29 is 4.74 Å². The zero-order valence-electron chi connectivity index (χ0n) is 23.4. The first-order valence-corrected chi connectivity index (χ1v) is 15.0. The Labute approximate surface area is 248 Å². The summed E-state index contributed by atoms with van der Waals surface area (Å²) in [5.41, 5.74) is 5.90.